The van der Waals surface area contributed by atoms with E-state index in [0.29, 0.717) is 12.4 Å². The molecule has 0 unspecified atom stereocenters. The molecule has 2 heterocycles. The SMILES string of the molecule is CCn1ccnc1NCc1ccnc(OC)c1. The van der Waals surface area contributed by atoms with E-state index in [-0.39, 0.29) is 0 Å². The van der Waals surface area contributed by atoms with Gasteiger partial charge in [-0.05, 0) is 18.6 Å². The molecule has 0 aliphatic rings. The second-order valence-electron chi connectivity index (χ2n) is 3.60. The minimum Gasteiger partial charge on any atom is -0.481 e. The van der Waals surface area contributed by atoms with Gasteiger partial charge in [-0.1, -0.05) is 0 Å². The van der Waals surface area contributed by atoms with Crippen LogP contribution < -0.4 is 10.1 Å². The van der Waals surface area contributed by atoms with E-state index < -0.39 is 0 Å². The van der Waals surface area contributed by atoms with Crippen molar-refractivity contribution in [3.63, 3.8) is 0 Å². The lowest BCUT2D eigenvalue weighted by Crippen LogP contribution is -2.06. The van der Waals surface area contributed by atoms with Crippen molar-refractivity contribution in [1.82, 2.24) is 14.5 Å². The molecular formula is C12H16N4O. The van der Waals surface area contributed by atoms with Crippen molar-refractivity contribution in [3.05, 3.63) is 36.3 Å². The number of aromatic nitrogens is 3. The lowest BCUT2D eigenvalue weighted by Gasteiger charge is -2.08. The van der Waals surface area contributed by atoms with Crippen LogP contribution in [0.3, 0.4) is 0 Å². The average Bonchev–Trinajstić information content (AvgIpc) is 2.84. The Bertz CT molecular complexity index is 481. The second-order valence-corrected chi connectivity index (χ2v) is 3.60. The molecule has 1 N–H and O–H groups in total. The maximum atomic E-state index is 5.08. The summed E-state index contributed by atoms with van der Waals surface area (Å²) in [5, 5.41) is 3.28. The van der Waals surface area contributed by atoms with Gasteiger partial charge in [-0.15, -0.1) is 0 Å². The zero-order valence-electron chi connectivity index (χ0n) is 10.1. The summed E-state index contributed by atoms with van der Waals surface area (Å²) in [7, 11) is 1.61. The van der Waals surface area contributed by atoms with Crippen LogP contribution in [0.15, 0.2) is 30.7 Å². The first kappa shape index (κ1) is 11.4. The number of rotatable bonds is 5. The topological polar surface area (TPSA) is 52.0 Å². The zero-order valence-corrected chi connectivity index (χ0v) is 10.1. The highest BCUT2D eigenvalue weighted by Crippen LogP contribution is 2.11. The molecule has 5 nitrogen and oxygen atoms in total. The maximum Gasteiger partial charge on any atom is 0.213 e. The van der Waals surface area contributed by atoms with Gasteiger partial charge in [0.05, 0.1) is 7.11 Å². The molecule has 0 spiro atoms. The molecule has 2 aromatic rings. The Balaban J connectivity index is 2.02. The second kappa shape index (κ2) is 5.34. The third-order valence-corrected chi connectivity index (χ3v) is 2.52. The number of ether oxygens (including phenoxy) is 1. The minimum absolute atomic E-state index is 0.628. The van der Waals surface area contributed by atoms with Gasteiger partial charge in [0, 0.05) is 37.7 Å². The van der Waals surface area contributed by atoms with Crippen LogP contribution in [0, 0.1) is 0 Å². The molecule has 2 rings (SSSR count). The summed E-state index contributed by atoms with van der Waals surface area (Å²) in [5.41, 5.74) is 1.11. The van der Waals surface area contributed by atoms with E-state index in [0.717, 1.165) is 18.1 Å². The summed E-state index contributed by atoms with van der Waals surface area (Å²) in [4.78, 5) is 8.32. The number of hydrogen-bond acceptors (Lipinski definition) is 4. The van der Waals surface area contributed by atoms with Crippen LogP contribution in [0.4, 0.5) is 5.95 Å². The largest absolute Gasteiger partial charge is 0.481 e. The smallest absolute Gasteiger partial charge is 0.213 e. The van der Waals surface area contributed by atoms with Crippen LogP contribution in [0.1, 0.15) is 12.5 Å². The van der Waals surface area contributed by atoms with Crippen molar-refractivity contribution in [2.24, 2.45) is 0 Å². The number of hydrogen-bond donors (Lipinski definition) is 1. The van der Waals surface area contributed by atoms with Gasteiger partial charge in [-0.2, -0.15) is 0 Å². The number of nitrogens with one attached hydrogen (secondary N) is 1. The number of nitrogens with zero attached hydrogens (tertiary/aromatic N) is 3. The molecule has 17 heavy (non-hydrogen) atoms. The Hall–Kier alpha value is -2.04. The summed E-state index contributed by atoms with van der Waals surface area (Å²) < 4.78 is 7.13. The molecule has 2 aromatic heterocycles. The third-order valence-electron chi connectivity index (χ3n) is 2.52. The van der Waals surface area contributed by atoms with Crippen LogP contribution in [0.2, 0.25) is 0 Å². The van der Waals surface area contributed by atoms with Crippen molar-refractivity contribution >= 4 is 5.95 Å². The fraction of sp³-hybridized carbons (Fsp3) is 0.333. The van der Waals surface area contributed by atoms with E-state index >= 15 is 0 Å². The van der Waals surface area contributed by atoms with Crippen LogP contribution in [-0.2, 0) is 13.1 Å². The summed E-state index contributed by atoms with van der Waals surface area (Å²) in [6.45, 7) is 3.69. The number of anilines is 1. The quantitative estimate of drug-likeness (QED) is 0.855. The average molecular weight is 232 g/mol. The Morgan fingerprint density at radius 3 is 3.00 bits per heavy atom. The van der Waals surface area contributed by atoms with Crippen molar-refractivity contribution in [1.29, 1.82) is 0 Å². The van der Waals surface area contributed by atoms with E-state index in [9.17, 15) is 0 Å². The normalized spacial score (nSPS) is 10.2. The van der Waals surface area contributed by atoms with Gasteiger partial charge < -0.3 is 14.6 Å². The first-order chi connectivity index (χ1) is 8.33. The Morgan fingerprint density at radius 1 is 1.35 bits per heavy atom. The first-order valence-corrected chi connectivity index (χ1v) is 5.57. The molecule has 0 amide bonds. The van der Waals surface area contributed by atoms with Gasteiger partial charge in [0.1, 0.15) is 0 Å². The van der Waals surface area contributed by atoms with Crippen LogP contribution in [0.25, 0.3) is 0 Å². The first-order valence-electron chi connectivity index (χ1n) is 5.57. The van der Waals surface area contributed by atoms with Crippen LogP contribution >= 0.6 is 0 Å². The molecule has 0 atom stereocenters. The Labute approximate surface area is 100 Å². The molecule has 0 bridgehead atoms. The Morgan fingerprint density at radius 2 is 2.24 bits per heavy atom. The summed E-state index contributed by atoms with van der Waals surface area (Å²) in [5.74, 6) is 1.51. The predicted octanol–water partition coefficient (Wildman–Crippen LogP) is 1.92. The summed E-state index contributed by atoms with van der Waals surface area (Å²) in [6.07, 6.45) is 5.48. The van der Waals surface area contributed by atoms with Gasteiger partial charge in [0.2, 0.25) is 11.8 Å². The lowest BCUT2D eigenvalue weighted by atomic mass is 10.2. The number of aryl methyl sites for hydroxylation is 1. The molecule has 0 saturated heterocycles. The van der Waals surface area contributed by atoms with Crippen LogP contribution in [0.5, 0.6) is 5.88 Å². The van der Waals surface area contributed by atoms with Gasteiger partial charge in [0.25, 0.3) is 0 Å². The molecule has 5 heteroatoms. The zero-order chi connectivity index (χ0) is 12.1. The molecule has 0 fully saturated rings. The highest BCUT2D eigenvalue weighted by molar-refractivity contribution is 5.30. The molecule has 0 aromatic carbocycles. The van der Waals surface area contributed by atoms with E-state index in [1.54, 1.807) is 19.5 Å². The number of pyridine rings is 1. The highest BCUT2D eigenvalue weighted by atomic mass is 16.5. The van der Waals surface area contributed by atoms with Crippen LogP contribution in [-0.4, -0.2) is 21.6 Å². The maximum absolute atomic E-state index is 5.08. The molecular weight excluding hydrogens is 216 g/mol. The highest BCUT2D eigenvalue weighted by Gasteiger charge is 2.01. The van der Waals surface area contributed by atoms with Gasteiger partial charge in [-0.3, -0.25) is 0 Å². The monoisotopic (exact) mass is 232 g/mol. The van der Waals surface area contributed by atoms with Crippen molar-refractivity contribution in [3.8, 4) is 5.88 Å². The fourth-order valence-corrected chi connectivity index (χ4v) is 1.58. The predicted molar refractivity (Wildman–Crippen MR) is 66.0 cm³/mol. The van der Waals surface area contributed by atoms with E-state index in [4.69, 9.17) is 4.74 Å². The number of methoxy groups -OCH3 is 1. The standard InChI is InChI=1S/C12H16N4O/c1-3-16-7-6-14-12(16)15-9-10-4-5-13-11(8-10)17-2/h4-8H,3,9H2,1-2H3,(H,14,15). The van der Waals surface area contributed by atoms with E-state index in [2.05, 4.69) is 26.8 Å². The number of imidazole rings is 1. The van der Waals surface area contributed by atoms with Crippen molar-refractivity contribution in [2.45, 2.75) is 20.0 Å². The molecule has 90 valence electrons. The summed E-state index contributed by atoms with van der Waals surface area (Å²) >= 11 is 0. The van der Waals surface area contributed by atoms with Gasteiger partial charge in [0.15, 0.2) is 0 Å². The molecule has 0 aliphatic carbocycles. The third kappa shape index (κ3) is 2.75. The molecule has 0 saturated carbocycles. The van der Waals surface area contributed by atoms with Crippen molar-refractivity contribution < 1.29 is 4.74 Å². The fourth-order valence-electron chi connectivity index (χ4n) is 1.58. The Kier molecular flexibility index (Phi) is 3.59. The summed E-state index contributed by atoms with van der Waals surface area (Å²) in [6, 6.07) is 3.86. The van der Waals surface area contributed by atoms with Gasteiger partial charge >= 0.3 is 0 Å². The molecule has 0 aliphatic heterocycles. The lowest BCUT2D eigenvalue weighted by molar-refractivity contribution is 0.397. The van der Waals surface area contributed by atoms with E-state index in [1.165, 1.54) is 0 Å². The molecule has 0 radical (unpaired) electrons. The minimum atomic E-state index is 0.628. The van der Waals surface area contributed by atoms with Gasteiger partial charge in [-0.25, -0.2) is 9.97 Å². The van der Waals surface area contributed by atoms with E-state index in [1.807, 2.05) is 18.3 Å². The van der Waals surface area contributed by atoms with Crippen molar-refractivity contribution in [2.75, 3.05) is 12.4 Å².